The van der Waals surface area contributed by atoms with Gasteiger partial charge in [-0.2, -0.15) is 5.26 Å². The molecule has 0 bridgehead atoms. The molecule has 0 aliphatic rings. The number of benzene rings is 2. The Morgan fingerprint density at radius 3 is 2.84 bits per heavy atom. The van der Waals surface area contributed by atoms with Crippen molar-refractivity contribution in [1.29, 1.82) is 5.26 Å². The highest BCUT2D eigenvalue weighted by atomic mass is 32.1. The van der Waals surface area contributed by atoms with E-state index in [1.807, 2.05) is 36.4 Å². The number of nitrogens with zero attached hydrogens (tertiary/aromatic N) is 2. The van der Waals surface area contributed by atoms with Crippen molar-refractivity contribution in [3.63, 3.8) is 0 Å². The topological polar surface area (TPSA) is 56.9 Å². The first-order valence-corrected chi connectivity index (χ1v) is 6.64. The standard InChI is InChI=1S/C15H10N2OS/c16-9-11-7-10(5-6-13(11)18)8-15-17-12-3-1-2-4-14(12)19-15/h1-7,18H,8H2. The van der Waals surface area contributed by atoms with Gasteiger partial charge in [0.25, 0.3) is 0 Å². The van der Waals surface area contributed by atoms with Gasteiger partial charge in [-0.15, -0.1) is 11.3 Å². The highest BCUT2D eigenvalue weighted by Gasteiger charge is 2.06. The molecule has 19 heavy (non-hydrogen) atoms. The Balaban J connectivity index is 1.94. The van der Waals surface area contributed by atoms with Crippen molar-refractivity contribution in [3.8, 4) is 11.8 Å². The van der Waals surface area contributed by atoms with Crippen LogP contribution in [0.4, 0.5) is 0 Å². The van der Waals surface area contributed by atoms with Crippen LogP contribution in [0.1, 0.15) is 16.1 Å². The van der Waals surface area contributed by atoms with Crippen LogP contribution in [-0.4, -0.2) is 10.1 Å². The fraction of sp³-hybridized carbons (Fsp3) is 0.0667. The molecule has 4 heteroatoms. The molecule has 3 rings (SSSR count). The molecule has 0 radical (unpaired) electrons. The van der Waals surface area contributed by atoms with Crippen molar-refractivity contribution in [3.05, 3.63) is 58.6 Å². The van der Waals surface area contributed by atoms with Crippen LogP contribution in [0.15, 0.2) is 42.5 Å². The van der Waals surface area contributed by atoms with E-state index in [1.165, 1.54) is 0 Å². The summed E-state index contributed by atoms with van der Waals surface area (Å²) in [6.45, 7) is 0. The van der Waals surface area contributed by atoms with Crippen LogP contribution in [0.3, 0.4) is 0 Å². The Bertz CT molecular complexity index is 753. The molecule has 0 aliphatic heterocycles. The second kappa shape index (κ2) is 4.71. The number of para-hydroxylation sites is 1. The third-order valence-electron chi connectivity index (χ3n) is 2.87. The summed E-state index contributed by atoms with van der Waals surface area (Å²) < 4.78 is 1.16. The van der Waals surface area contributed by atoms with E-state index in [2.05, 4.69) is 4.98 Å². The molecular formula is C15H10N2OS. The van der Waals surface area contributed by atoms with Crippen molar-refractivity contribution >= 4 is 21.6 Å². The molecule has 1 N–H and O–H groups in total. The number of fused-ring (bicyclic) bond motifs is 1. The van der Waals surface area contributed by atoms with E-state index in [0.29, 0.717) is 12.0 Å². The summed E-state index contributed by atoms with van der Waals surface area (Å²) in [5.41, 5.74) is 2.29. The Labute approximate surface area is 114 Å². The van der Waals surface area contributed by atoms with Gasteiger partial charge in [-0.3, -0.25) is 0 Å². The highest BCUT2D eigenvalue weighted by Crippen LogP contribution is 2.25. The molecule has 0 atom stereocenters. The van der Waals surface area contributed by atoms with Crippen molar-refractivity contribution in [2.75, 3.05) is 0 Å². The maximum atomic E-state index is 9.48. The molecule has 0 aliphatic carbocycles. The van der Waals surface area contributed by atoms with Gasteiger partial charge in [-0.1, -0.05) is 18.2 Å². The van der Waals surface area contributed by atoms with E-state index in [-0.39, 0.29) is 5.75 Å². The van der Waals surface area contributed by atoms with Crippen LogP contribution in [0.2, 0.25) is 0 Å². The van der Waals surface area contributed by atoms with E-state index in [0.717, 1.165) is 20.8 Å². The fourth-order valence-corrected chi connectivity index (χ4v) is 2.95. The third-order valence-corrected chi connectivity index (χ3v) is 3.91. The average Bonchev–Trinajstić information content (AvgIpc) is 2.83. The van der Waals surface area contributed by atoms with Gasteiger partial charge in [0.1, 0.15) is 11.8 Å². The molecule has 1 aromatic heterocycles. The smallest absolute Gasteiger partial charge is 0.133 e. The molecule has 2 aromatic carbocycles. The van der Waals surface area contributed by atoms with Crippen molar-refractivity contribution < 1.29 is 5.11 Å². The summed E-state index contributed by atoms with van der Waals surface area (Å²) in [5, 5.41) is 19.4. The maximum absolute atomic E-state index is 9.48. The number of thiazole rings is 1. The largest absolute Gasteiger partial charge is 0.507 e. The number of aromatic nitrogens is 1. The number of hydrogen-bond donors (Lipinski definition) is 1. The third kappa shape index (κ3) is 2.28. The van der Waals surface area contributed by atoms with Crippen LogP contribution in [0.25, 0.3) is 10.2 Å². The predicted molar refractivity (Wildman–Crippen MR) is 75.2 cm³/mol. The molecule has 0 saturated heterocycles. The van der Waals surface area contributed by atoms with Gasteiger partial charge in [0.05, 0.1) is 20.8 Å². The molecule has 0 saturated carbocycles. The molecule has 0 fully saturated rings. The van der Waals surface area contributed by atoms with Gasteiger partial charge >= 0.3 is 0 Å². The highest BCUT2D eigenvalue weighted by molar-refractivity contribution is 7.18. The Hall–Kier alpha value is -2.38. The van der Waals surface area contributed by atoms with E-state index >= 15 is 0 Å². The summed E-state index contributed by atoms with van der Waals surface area (Å²) in [4.78, 5) is 4.56. The Morgan fingerprint density at radius 1 is 1.21 bits per heavy atom. The van der Waals surface area contributed by atoms with Gasteiger partial charge < -0.3 is 5.11 Å². The molecule has 0 spiro atoms. The van der Waals surface area contributed by atoms with Crippen molar-refractivity contribution in [2.24, 2.45) is 0 Å². The molecular weight excluding hydrogens is 256 g/mol. The minimum Gasteiger partial charge on any atom is -0.507 e. The molecule has 1 heterocycles. The number of rotatable bonds is 2. The number of phenols is 1. The number of nitriles is 1. The lowest BCUT2D eigenvalue weighted by Crippen LogP contribution is -1.88. The first-order valence-electron chi connectivity index (χ1n) is 5.83. The van der Waals surface area contributed by atoms with E-state index in [1.54, 1.807) is 23.5 Å². The fourth-order valence-electron chi connectivity index (χ4n) is 1.95. The Kier molecular flexibility index (Phi) is 2.90. The summed E-state index contributed by atoms with van der Waals surface area (Å²) in [6, 6.07) is 15.1. The maximum Gasteiger partial charge on any atom is 0.133 e. The zero-order valence-corrected chi connectivity index (χ0v) is 10.8. The molecule has 0 unspecified atom stereocenters. The zero-order chi connectivity index (χ0) is 13.2. The summed E-state index contributed by atoms with van der Waals surface area (Å²) in [5.74, 6) is 0.0237. The van der Waals surface area contributed by atoms with Crippen LogP contribution < -0.4 is 0 Å². The summed E-state index contributed by atoms with van der Waals surface area (Å²) in [7, 11) is 0. The first kappa shape index (κ1) is 11.7. The van der Waals surface area contributed by atoms with Crippen LogP contribution in [0.5, 0.6) is 5.75 Å². The minimum absolute atomic E-state index is 0.0237. The lowest BCUT2D eigenvalue weighted by molar-refractivity contribution is 0.473. The quantitative estimate of drug-likeness (QED) is 0.772. The van der Waals surface area contributed by atoms with E-state index < -0.39 is 0 Å². The van der Waals surface area contributed by atoms with Gasteiger partial charge in [0.2, 0.25) is 0 Å². The molecule has 3 aromatic rings. The minimum atomic E-state index is 0.0237. The van der Waals surface area contributed by atoms with Gasteiger partial charge in [0.15, 0.2) is 0 Å². The average molecular weight is 266 g/mol. The van der Waals surface area contributed by atoms with E-state index in [9.17, 15) is 5.11 Å². The normalized spacial score (nSPS) is 10.5. The molecule has 92 valence electrons. The van der Waals surface area contributed by atoms with Crippen molar-refractivity contribution in [1.82, 2.24) is 4.98 Å². The monoisotopic (exact) mass is 266 g/mol. The lowest BCUT2D eigenvalue weighted by Gasteiger charge is -2.00. The number of hydrogen-bond acceptors (Lipinski definition) is 4. The predicted octanol–water partition coefficient (Wildman–Crippen LogP) is 3.46. The van der Waals surface area contributed by atoms with Crippen molar-refractivity contribution in [2.45, 2.75) is 6.42 Å². The molecule has 0 amide bonds. The number of phenolic OH excluding ortho intramolecular Hbond substituents is 1. The summed E-state index contributed by atoms with van der Waals surface area (Å²) >= 11 is 1.65. The first-order chi connectivity index (χ1) is 9.26. The number of aromatic hydroxyl groups is 1. The molecule has 3 nitrogen and oxygen atoms in total. The van der Waals surface area contributed by atoms with Gasteiger partial charge in [-0.05, 0) is 29.8 Å². The van der Waals surface area contributed by atoms with Gasteiger partial charge in [0, 0.05) is 6.42 Å². The Morgan fingerprint density at radius 2 is 2.05 bits per heavy atom. The van der Waals surface area contributed by atoms with Crippen LogP contribution in [-0.2, 0) is 6.42 Å². The second-order valence-corrected chi connectivity index (χ2v) is 5.33. The van der Waals surface area contributed by atoms with Crippen LogP contribution in [0, 0.1) is 11.3 Å². The zero-order valence-electron chi connectivity index (χ0n) is 10.00. The van der Waals surface area contributed by atoms with Crippen LogP contribution >= 0.6 is 11.3 Å². The van der Waals surface area contributed by atoms with Gasteiger partial charge in [-0.25, -0.2) is 4.98 Å². The second-order valence-electron chi connectivity index (χ2n) is 4.22. The van der Waals surface area contributed by atoms with E-state index in [4.69, 9.17) is 5.26 Å². The lowest BCUT2D eigenvalue weighted by atomic mass is 10.1. The summed E-state index contributed by atoms with van der Waals surface area (Å²) in [6.07, 6.45) is 0.675. The SMILES string of the molecule is N#Cc1cc(Cc2nc3ccccc3s2)ccc1O.